The fourth-order valence-corrected chi connectivity index (χ4v) is 1.46. The zero-order chi connectivity index (χ0) is 12.1. The standard InChI is InChI=1S/C13H14FN3/c1-2-15-7-10-8-16-13(17-9-10)11-3-5-12(14)6-4-11/h3-6,8-9,15H,2,7H2,1H3. The summed E-state index contributed by atoms with van der Waals surface area (Å²) in [4.78, 5) is 8.52. The minimum atomic E-state index is -0.252. The van der Waals surface area contributed by atoms with Gasteiger partial charge in [0.25, 0.3) is 0 Å². The van der Waals surface area contributed by atoms with Gasteiger partial charge in [-0.3, -0.25) is 0 Å². The highest BCUT2D eigenvalue weighted by Gasteiger charge is 2.01. The molecule has 0 saturated carbocycles. The highest BCUT2D eigenvalue weighted by Crippen LogP contribution is 2.14. The molecule has 1 aromatic heterocycles. The third kappa shape index (κ3) is 3.07. The third-order valence-electron chi connectivity index (χ3n) is 2.39. The minimum Gasteiger partial charge on any atom is -0.313 e. The van der Waals surface area contributed by atoms with E-state index in [1.807, 2.05) is 6.92 Å². The van der Waals surface area contributed by atoms with Crippen molar-refractivity contribution in [2.45, 2.75) is 13.5 Å². The molecule has 0 unspecified atom stereocenters. The van der Waals surface area contributed by atoms with Crippen molar-refractivity contribution in [2.24, 2.45) is 0 Å². The van der Waals surface area contributed by atoms with Gasteiger partial charge < -0.3 is 5.32 Å². The summed E-state index contributed by atoms with van der Waals surface area (Å²) in [5.41, 5.74) is 1.86. The predicted octanol–water partition coefficient (Wildman–Crippen LogP) is 2.39. The lowest BCUT2D eigenvalue weighted by Gasteiger charge is -2.03. The first-order valence-corrected chi connectivity index (χ1v) is 5.57. The molecule has 0 radical (unpaired) electrons. The first-order chi connectivity index (χ1) is 8.29. The lowest BCUT2D eigenvalue weighted by atomic mass is 10.2. The van der Waals surface area contributed by atoms with Crippen molar-refractivity contribution in [3.8, 4) is 11.4 Å². The van der Waals surface area contributed by atoms with Crippen LogP contribution in [-0.4, -0.2) is 16.5 Å². The summed E-state index contributed by atoms with van der Waals surface area (Å²) in [6.45, 7) is 3.73. The Morgan fingerprint density at radius 3 is 2.35 bits per heavy atom. The van der Waals surface area contributed by atoms with E-state index in [0.29, 0.717) is 5.82 Å². The maximum Gasteiger partial charge on any atom is 0.159 e. The molecule has 1 heterocycles. The van der Waals surface area contributed by atoms with Crippen LogP contribution in [0.3, 0.4) is 0 Å². The number of rotatable bonds is 4. The Bertz CT molecular complexity index is 465. The van der Waals surface area contributed by atoms with Crippen molar-refractivity contribution >= 4 is 0 Å². The maximum absolute atomic E-state index is 12.8. The monoisotopic (exact) mass is 231 g/mol. The molecule has 3 nitrogen and oxygen atoms in total. The van der Waals surface area contributed by atoms with E-state index in [1.54, 1.807) is 24.5 Å². The Labute approximate surface area is 99.7 Å². The molecule has 0 atom stereocenters. The van der Waals surface area contributed by atoms with E-state index < -0.39 is 0 Å². The molecule has 17 heavy (non-hydrogen) atoms. The molecule has 1 aromatic carbocycles. The third-order valence-corrected chi connectivity index (χ3v) is 2.39. The van der Waals surface area contributed by atoms with E-state index in [-0.39, 0.29) is 5.82 Å². The summed E-state index contributed by atoms with van der Waals surface area (Å²) >= 11 is 0. The molecule has 0 bridgehead atoms. The Balaban J connectivity index is 2.14. The van der Waals surface area contributed by atoms with Gasteiger partial charge in [0.15, 0.2) is 5.82 Å². The van der Waals surface area contributed by atoms with E-state index in [9.17, 15) is 4.39 Å². The van der Waals surface area contributed by atoms with Crippen LogP contribution in [-0.2, 0) is 6.54 Å². The van der Waals surface area contributed by atoms with Crippen LogP contribution < -0.4 is 5.32 Å². The van der Waals surface area contributed by atoms with Gasteiger partial charge >= 0.3 is 0 Å². The van der Waals surface area contributed by atoms with Crippen LogP contribution in [0.4, 0.5) is 4.39 Å². The number of nitrogens with one attached hydrogen (secondary N) is 1. The quantitative estimate of drug-likeness (QED) is 0.878. The molecule has 1 N–H and O–H groups in total. The smallest absolute Gasteiger partial charge is 0.159 e. The van der Waals surface area contributed by atoms with Crippen LogP contribution in [0.2, 0.25) is 0 Å². The minimum absolute atomic E-state index is 0.252. The second-order valence-corrected chi connectivity index (χ2v) is 3.70. The van der Waals surface area contributed by atoms with Crippen LogP contribution >= 0.6 is 0 Å². The normalized spacial score (nSPS) is 10.5. The summed E-state index contributed by atoms with van der Waals surface area (Å²) in [7, 11) is 0. The summed E-state index contributed by atoms with van der Waals surface area (Å²) in [6.07, 6.45) is 3.57. The van der Waals surface area contributed by atoms with Crippen LogP contribution in [0.25, 0.3) is 11.4 Å². The van der Waals surface area contributed by atoms with E-state index in [1.165, 1.54) is 12.1 Å². The first kappa shape index (κ1) is 11.7. The molecule has 0 aliphatic heterocycles. The van der Waals surface area contributed by atoms with E-state index in [2.05, 4.69) is 15.3 Å². The summed E-state index contributed by atoms with van der Waals surface area (Å²) in [6, 6.07) is 6.17. The molecule has 88 valence electrons. The average molecular weight is 231 g/mol. The van der Waals surface area contributed by atoms with Gasteiger partial charge in [0, 0.05) is 30.1 Å². The molecule has 0 spiro atoms. The Kier molecular flexibility index (Phi) is 3.77. The molecule has 2 aromatic rings. The fraction of sp³-hybridized carbons (Fsp3) is 0.231. The topological polar surface area (TPSA) is 37.8 Å². The van der Waals surface area contributed by atoms with Crippen molar-refractivity contribution < 1.29 is 4.39 Å². The summed E-state index contributed by atoms with van der Waals surface area (Å²) in [5.74, 6) is 0.364. The maximum atomic E-state index is 12.8. The van der Waals surface area contributed by atoms with Crippen molar-refractivity contribution in [2.75, 3.05) is 6.54 Å². The zero-order valence-electron chi connectivity index (χ0n) is 9.65. The molecule has 4 heteroatoms. The molecule has 0 aliphatic carbocycles. The van der Waals surface area contributed by atoms with E-state index in [0.717, 1.165) is 24.2 Å². The summed E-state index contributed by atoms with van der Waals surface area (Å²) < 4.78 is 12.8. The second kappa shape index (κ2) is 5.50. The Morgan fingerprint density at radius 2 is 1.76 bits per heavy atom. The van der Waals surface area contributed by atoms with Gasteiger partial charge in [-0.15, -0.1) is 0 Å². The lowest BCUT2D eigenvalue weighted by molar-refractivity contribution is 0.628. The highest BCUT2D eigenvalue weighted by molar-refractivity contribution is 5.54. The highest BCUT2D eigenvalue weighted by atomic mass is 19.1. The van der Waals surface area contributed by atoms with Crippen molar-refractivity contribution in [1.29, 1.82) is 0 Å². The fourth-order valence-electron chi connectivity index (χ4n) is 1.46. The number of hydrogen-bond donors (Lipinski definition) is 1. The first-order valence-electron chi connectivity index (χ1n) is 5.57. The predicted molar refractivity (Wildman–Crippen MR) is 64.8 cm³/mol. The number of benzene rings is 1. The SMILES string of the molecule is CCNCc1cnc(-c2ccc(F)cc2)nc1. The van der Waals surface area contributed by atoms with Crippen LogP contribution in [0.15, 0.2) is 36.7 Å². The molecule has 0 amide bonds. The molecule has 0 fully saturated rings. The Morgan fingerprint density at radius 1 is 1.12 bits per heavy atom. The van der Waals surface area contributed by atoms with Gasteiger partial charge in [0.2, 0.25) is 0 Å². The van der Waals surface area contributed by atoms with Crippen LogP contribution in [0, 0.1) is 5.82 Å². The number of nitrogens with zero attached hydrogens (tertiary/aromatic N) is 2. The van der Waals surface area contributed by atoms with Gasteiger partial charge in [-0.1, -0.05) is 6.92 Å². The zero-order valence-corrected chi connectivity index (χ0v) is 9.65. The van der Waals surface area contributed by atoms with Crippen molar-refractivity contribution in [3.05, 3.63) is 48.0 Å². The Hall–Kier alpha value is -1.81. The molecule has 2 rings (SSSR count). The largest absolute Gasteiger partial charge is 0.313 e. The molecular formula is C13H14FN3. The van der Waals surface area contributed by atoms with Gasteiger partial charge in [-0.2, -0.15) is 0 Å². The van der Waals surface area contributed by atoms with Crippen LogP contribution in [0.1, 0.15) is 12.5 Å². The summed E-state index contributed by atoms with van der Waals surface area (Å²) in [5, 5.41) is 3.20. The van der Waals surface area contributed by atoms with Crippen molar-refractivity contribution in [1.82, 2.24) is 15.3 Å². The van der Waals surface area contributed by atoms with Gasteiger partial charge in [-0.05, 0) is 30.8 Å². The number of halogens is 1. The van der Waals surface area contributed by atoms with Crippen molar-refractivity contribution in [3.63, 3.8) is 0 Å². The van der Waals surface area contributed by atoms with Gasteiger partial charge in [-0.25, -0.2) is 14.4 Å². The molecular weight excluding hydrogens is 217 g/mol. The molecule has 0 aliphatic rings. The number of aromatic nitrogens is 2. The lowest BCUT2D eigenvalue weighted by Crippen LogP contribution is -2.12. The second-order valence-electron chi connectivity index (χ2n) is 3.70. The van der Waals surface area contributed by atoms with E-state index in [4.69, 9.17) is 0 Å². The van der Waals surface area contributed by atoms with E-state index >= 15 is 0 Å². The van der Waals surface area contributed by atoms with Crippen LogP contribution in [0.5, 0.6) is 0 Å². The van der Waals surface area contributed by atoms with Gasteiger partial charge in [0.05, 0.1) is 0 Å². The van der Waals surface area contributed by atoms with Gasteiger partial charge in [0.1, 0.15) is 5.82 Å². The average Bonchev–Trinajstić information content (AvgIpc) is 2.38. The number of hydrogen-bond acceptors (Lipinski definition) is 3. The molecule has 0 saturated heterocycles.